The molecule has 2 unspecified atom stereocenters. The van der Waals surface area contributed by atoms with Gasteiger partial charge in [0.25, 0.3) is 0 Å². The molecule has 0 spiro atoms. The zero-order valence-electron chi connectivity index (χ0n) is 9.48. The van der Waals surface area contributed by atoms with E-state index < -0.39 is 12.5 Å². The Bertz CT molecular complexity index is 406. The number of hydrogen-bond acceptors (Lipinski definition) is 3. The molecular formula is C12H13F3O3. The standard InChI is InChI=1S/C12H13F3O3/c13-12(14,15)18-10-4-2-1-3-9(10)11-8(7-16)5-6-17-11/h1-4,8,11,16H,5-7H2. The van der Waals surface area contributed by atoms with E-state index in [2.05, 4.69) is 4.74 Å². The van der Waals surface area contributed by atoms with Gasteiger partial charge in [-0.2, -0.15) is 0 Å². The van der Waals surface area contributed by atoms with Crippen LogP contribution in [0.15, 0.2) is 24.3 Å². The van der Waals surface area contributed by atoms with Crippen LogP contribution in [0.25, 0.3) is 0 Å². The quantitative estimate of drug-likeness (QED) is 0.910. The van der Waals surface area contributed by atoms with E-state index in [-0.39, 0.29) is 18.3 Å². The van der Waals surface area contributed by atoms with Crippen LogP contribution < -0.4 is 4.74 Å². The van der Waals surface area contributed by atoms with Gasteiger partial charge in [-0.15, -0.1) is 13.2 Å². The molecule has 2 atom stereocenters. The van der Waals surface area contributed by atoms with Crippen molar-refractivity contribution in [2.75, 3.05) is 13.2 Å². The Hall–Kier alpha value is -1.27. The van der Waals surface area contributed by atoms with Crippen LogP contribution in [0.3, 0.4) is 0 Å². The number of aliphatic hydroxyl groups is 1. The molecule has 1 N–H and O–H groups in total. The van der Waals surface area contributed by atoms with Gasteiger partial charge in [0.05, 0.1) is 6.10 Å². The predicted molar refractivity (Wildman–Crippen MR) is 57.0 cm³/mol. The molecule has 6 heteroatoms. The number of benzene rings is 1. The second kappa shape index (κ2) is 5.16. The molecular weight excluding hydrogens is 249 g/mol. The van der Waals surface area contributed by atoms with Crippen LogP contribution in [0.1, 0.15) is 18.1 Å². The highest BCUT2D eigenvalue weighted by Gasteiger charge is 2.36. The molecule has 1 aromatic rings. The minimum atomic E-state index is -4.73. The van der Waals surface area contributed by atoms with Crippen molar-refractivity contribution < 1.29 is 27.8 Å². The second-order valence-electron chi connectivity index (χ2n) is 4.11. The second-order valence-corrected chi connectivity index (χ2v) is 4.11. The number of ether oxygens (including phenoxy) is 2. The fourth-order valence-electron chi connectivity index (χ4n) is 2.10. The topological polar surface area (TPSA) is 38.7 Å². The highest BCUT2D eigenvalue weighted by molar-refractivity contribution is 5.36. The maximum absolute atomic E-state index is 12.3. The molecule has 100 valence electrons. The lowest BCUT2D eigenvalue weighted by Crippen LogP contribution is -2.20. The first kappa shape index (κ1) is 13.2. The lowest BCUT2D eigenvalue weighted by atomic mass is 9.95. The summed E-state index contributed by atoms with van der Waals surface area (Å²) in [6.07, 6.45) is -4.65. The van der Waals surface area contributed by atoms with Gasteiger partial charge in [-0.1, -0.05) is 18.2 Å². The summed E-state index contributed by atoms with van der Waals surface area (Å²) >= 11 is 0. The van der Waals surface area contributed by atoms with E-state index in [1.165, 1.54) is 18.2 Å². The molecule has 1 fully saturated rings. The summed E-state index contributed by atoms with van der Waals surface area (Å²) in [5.41, 5.74) is 0.325. The zero-order chi connectivity index (χ0) is 13.2. The first-order chi connectivity index (χ1) is 8.51. The fraction of sp³-hybridized carbons (Fsp3) is 0.500. The highest BCUT2D eigenvalue weighted by Crippen LogP contribution is 2.39. The van der Waals surface area contributed by atoms with Crippen LogP contribution in [0, 0.1) is 5.92 Å². The average molecular weight is 262 g/mol. The first-order valence-electron chi connectivity index (χ1n) is 5.58. The summed E-state index contributed by atoms with van der Waals surface area (Å²) in [7, 11) is 0. The number of halogens is 3. The van der Waals surface area contributed by atoms with Crippen LogP contribution in [0.4, 0.5) is 13.2 Å². The van der Waals surface area contributed by atoms with Crippen molar-refractivity contribution in [1.29, 1.82) is 0 Å². The SMILES string of the molecule is OCC1CCOC1c1ccccc1OC(F)(F)F. The Kier molecular flexibility index (Phi) is 3.77. The molecule has 18 heavy (non-hydrogen) atoms. The van der Waals surface area contributed by atoms with E-state index in [4.69, 9.17) is 4.74 Å². The number of alkyl halides is 3. The van der Waals surface area contributed by atoms with Gasteiger partial charge in [-0.25, -0.2) is 0 Å². The maximum atomic E-state index is 12.3. The van der Waals surface area contributed by atoms with Crippen LogP contribution in [-0.2, 0) is 4.74 Å². The monoisotopic (exact) mass is 262 g/mol. The molecule has 1 aliphatic rings. The van der Waals surface area contributed by atoms with Gasteiger partial charge in [0, 0.05) is 24.7 Å². The zero-order valence-corrected chi connectivity index (χ0v) is 9.48. The highest BCUT2D eigenvalue weighted by atomic mass is 19.4. The van der Waals surface area contributed by atoms with Gasteiger partial charge in [0.1, 0.15) is 5.75 Å². The summed E-state index contributed by atoms with van der Waals surface area (Å²) in [5.74, 6) is -0.460. The predicted octanol–water partition coefficient (Wildman–Crippen LogP) is 2.66. The van der Waals surface area contributed by atoms with E-state index in [1.807, 2.05) is 0 Å². The third kappa shape index (κ3) is 2.94. The third-order valence-corrected chi connectivity index (χ3v) is 2.90. The van der Waals surface area contributed by atoms with Crippen molar-refractivity contribution >= 4 is 0 Å². The van der Waals surface area contributed by atoms with Crippen LogP contribution >= 0.6 is 0 Å². The van der Waals surface area contributed by atoms with Gasteiger partial charge in [0.2, 0.25) is 0 Å². The van der Waals surface area contributed by atoms with Crippen molar-refractivity contribution in [3.8, 4) is 5.75 Å². The Balaban J connectivity index is 2.27. The van der Waals surface area contributed by atoms with Crippen molar-refractivity contribution in [1.82, 2.24) is 0 Å². The largest absolute Gasteiger partial charge is 0.573 e. The minimum Gasteiger partial charge on any atom is -0.405 e. The minimum absolute atomic E-state index is 0.120. The van der Waals surface area contributed by atoms with Crippen molar-refractivity contribution in [3.05, 3.63) is 29.8 Å². The van der Waals surface area contributed by atoms with Gasteiger partial charge in [-0.3, -0.25) is 0 Å². The lowest BCUT2D eigenvalue weighted by molar-refractivity contribution is -0.275. The van der Waals surface area contributed by atoms with Crippen LogP contribution in [0.5, 0.6) is 5.75 Å². The first-order valence-corrected chi connectivity index (χ1v) is 5.58. The Morgan fingerprint density at radius 3 is 2.72 bits per heavy atom. The van der Waals surface area contributed by atoms with Crippen LogP contribution in [-0.4, -0.2) is 24.7 Å². The van der Waals surface area contributed by atoms with E-state index in [0.717, 1.165) is 0 Å². The lowest BCUT2D eigenvalue weighted by Gasteiger charge is -2.20. The normalized spacial score (nSPS) is 24.2. The Morgan fingerprint density at radius 2 is 2.06 bits per heavy atom. The molecule has 1 saturated heterocycles. The summed E-state index contributed by atoms with van der Waals surface area (Å²) < 4.78 is 46.2. The molecule has 1 heterocycles. The number of para-hydroxylation sites is 1. The molecule has 1 aromatic carbocycles. The third-order valence-electron chi connectivity index (χ3n) is 2.90. The molecule has 1 aliphatic heterocycles. The van der Waals surface area contributed by atoms with E-state index in [9.17, 15) is 18.3 Å². The molecule has 0 aromatic heterocycles. The molecule has 2 rings (SSSR count). The molecule has 3 nitrogen and oxygen atoms in total. The molecule has 0 radical (unpaired) electrons. The van der Waals surface area contributed by atoms with Gasteiger partial charge >= 0.3 is 6.36 Å². The Labute approximate surface area is 102 Å². The van der Waals surface area contributed by atoms with Crippen molar-refractivity contribution in [3.63, 3.8) is 0 Å². The summed E-state index contributed by atoms with van der Waals surface area (Å²) in [4.78, 5) is 0. The van der Waals surface area contributed by atoms with Crippen LogP contribution in [0.2, 0.25) is 0 Å². The Morgan fingerprint density at radius 1 is 1.33 bits per heavy atom. The van der Waals surface area contributed by atoms with Crippen molar-refractivity contribution in [2.45, 2.75) is 18.9 Å². The number of aliphatic hydroxyl groups excluding tert-OH is 1. The maximum Gasteiger partial charge on any atom is 0.573 e. The summed E-state index contributed by atoms with van der Waals surface area (Å²) in [5, 5.41) is 9.18. The fourth-order valence-corrected chi connectivity index (χ4v) is 2.10. The average Bonchev–Trinajstić information content (AvgIpc) is 2.75. The van der Waals surface area contributed by atoms with Crippen molar-refractivity contribution in [2.24, 2.45) is 5.92 Å². The molecule has 0 bridgehead atoms. The summed E-state index contributed by atoms with van der Waals surface area (Å²) in [6.45, 7) is 0.307. The number of hydrogen-bond donors (Lipinski definition) is 1. The molecule has 0 aliphatic carbocycles. The van der Waals surface area contributed by atoms with Gasteiger partial charge < -0.3 is 14.6 Å². The van der Waals surface area contributed by atoms with E-state index >= 15 is 0 Å². The van der Waals surface area contributed by atoms with Gasteiger partial charge in [-0.05, 0) is 12.5 Å². The number of rotatable bonds is 3. The van der Waals surface area contributed by atoms with E-state index in [0.29, 0.717) is 18.6 Å². The van der Waals surface area contributed by atoms with Gasteiger partial charge in [0.15, 0.2) is 0 Å². The van der Waals surface area contributed by atoms with E-state index in [1.54, 1.807) is 6.07 Å². The smallest absolute Gasteiger partial charge is 0.405 e. The molecule has 0 amide bonds. The summed E-state index contributed by atoms with van der Waals surface area (Å²) in [6, 6.07) is 5.86. The molecule has 0 saturated carbocycles.